The van der Waals surface area contributed by atoms with Crippen LogP contribution in [0.2, 0.25) is 0 Å². The number of hydrogen-bond acceptors (Lipinski definition) is 5. The predicted molar refractivity (Wildman–Crippen MR) is 101 cm³/mol. The van der Waals surface area contributed by atoms with Crippen LogP contribution in [0.4, 0.5) is 10.6 Å². The molecule has 1 aliphatic rings. The number of carbonyl (C=O) groups excluding carboxylic acids is 1. The number of amides is 1. The van der Waals surface area contributed by atoms with E-state index < -0.39 is 11.7 Å². The number of ether oxygens (including phenoxy) is 1. The first-order chi connectivity index (χ1) is 11.7. The van der Waals surface area contributed by atoms with Gasteiger partial charge in [-0.05, 0) is 58.7 Å². The van der Waals surface area contributed by atoms with E-state index in [1.807, 2.05) is 27.0 Å². The van der Waals surface area contributed by atoms with Gasteiger partial charge in [0.25, 0.3) is 0 Å². The number of alkyl carbamates (subject to hydrolysis) is 1. The molecule has 2 rings (SSSR count). The molecule has 1 saturated heterocycles. The van der Waals surface area contributed by atoms with E-state index in [9.17, 15) is 4.79 Å². The molecule has 1 fully saturated rings. The largest absolute Gasteiger partial charge is 0.444 e. The van der Waals surface area contributed by atoms with Gasteiger partial charge in [-0.25, -0.2) is 9.78 Å². The van der Waals surface area contributed by atoms with Gasteiger partial charge in [0.15, 0.2) is 0 Å². The third kappa shape index (κ3) is 5.88. The summed E-state index contributed by atoms with van der Waals surface area (Å²) in [5.74, 6) is 1.05. The topological polar surface area (TPSA) is 57.7 Å². The first kappa shape index (κ1) is 19.5. The number of carbonyl (C=O) groups is 1. The molecule has 1 aromatic rings. The highest BCUT2D eigenvalue weighted by molar-refractivity contribution is 5.67. The van der Waals surface area contributed by atoms with Crippen molar-refractivity contribution in [1.82, 2.24) is 15.2 Å². The Hall–Kier alpha value is -1.82. The van der Waals surface area contributed by atoms with E-state index >= 15 is 0 Å². The molecule has 1 aromatic heterocycles. The molecule has 1 aliphatic heterocycles. The van der Waals surface area contributed by atoms with Crippen LogP contribution in [0.5, 0.6) is 0 Å². The zero-order valence-corrected chi connectivity index (χ0v) is 16.4. The van der Waals surface area contributed by atoms with Gasteiger partial charge in [0.2, 0.25) is 0 Å². The summed E-state index contributed by atoms with van der Waals surface area (Å²) in [4.78, 5) is 21.2. The monoisotopic (exact) mass is 348 g/mol. The van der Waals surface area contributed by atoms with Gasteiger partial charge in [-0.3, -0.25) is 4.90 Å². The highest BCUT2D eigenvalue weighted by Gasteiger charge is 2.21. The summed E-state index contributed by atoms with van der Waals surface area (Å²) in [5, 5.41) is 2.78. The van der Waals surface area contributed by atoms with Gasteiger partial charge in [-0.1, -0.05) is 0 Å². The van der Waals surface area contributed by atoms with Crippen molar-refractivity contribution < 1.29 is 9.53 Å². The molecule has 25 heavy (non-hydrogen) atoms. The average Bonchev–Trinajstić information content (AvgIpc) is 2.51. The number of hydrogen-bond donors (Lipinski definition) is 1. The van der Waals surface area contributed by atoms with Crippen molar-refractivity contribution >= 4 is 11.9 Å². The smallest absolute Gasteiger partial charge is 0.407 e. The molecule has 0 aliphatic carbocycles. The Kier molecular flexibility index (Phi) is 6.27. The van der Waals surface area contributed by atoms with Crippen LogP contribution in [0.25, 0.3) is 0 Å². The number of piperazine rings is 1. The van der Waals surface area contributed by atoms with E-state index in [0.29, 0.717) is 12.6 Å². The van der Waals surface area contributed by atoms with Crippen LogP contribution in [0, 0.1) is 6.92 Å². The van der Waals surface area contributed by atoms with Crippen molar-refractivity contribution in [2.75, 3.05) is 31.1 Å². The molecule has 0 bridgehead atoms. The minimum absolute atomic E-state index is 0.404. The maximum atomic E-state index is 11.8. The second-order valence-electron chi connectivity index (χ2n) is 7.96. The second-order valence-corrected chi connectivity index (χ2v) is 7.96. The van der Waals surface area contributed by atoms with Crippen molar-refractivity contribution in [3.8, 4) is 0 Å². The molecule has 0 unspecified atom stereocenters. The van der Waals surface area contributed by atoms with E-state index in [1.165, 1.54) is 0 Å². The number of aromatic nitrogens is 1. The normalized spacial score (nSPS) is 16.2. The Morgan fingerprint density at radius 2 is 1.92 bits per heavy atom. The van der Waals surface area contributed by atoms with Crippen LogP contribution < -0.4 is 10.2 Å². The predicted octanol–water partition coefficient (Wildman–Crippen LogP) is 2.95. The van der Waals surface area contributed by atoms with Gasteiger partial charge < -0.3 is 15.0 Å². The fraction of sp³-hybridized carbons (Fsp3) is 0.684. The zero-order chi connectivity index (χ0) is 18.6. The van der Waals surface area contributed by atoms with E-state index in [0.717, 1.165) is 43.1 Å². The summed E-state index contributed by atoms with van der Waals surface area (Å²) < 4.78 is 5.25. The Morgan fingerprint density at radius 1 is 1.28 bits per heavy atom. The minimum atomic E-state index is -0.486. The fourth-order valence-electron chi connectivity index (χ4n) is 2.99. The molecule has 6 nitrogen and oxygen atoms in total. The third-order valence-electron chi connectivity index (χ3n) is 4.29. The molecule has 0 saturated carbocycles. The minimum Gasteiger partial charge on any atom is -0.444 e. The first-order valence-corrected chi connectivity index (χ1v) is 9.07. The van der Waals surface area contributed by atoms with Crippen molar-refractivity contribution in [2.24, 2.45) is 0 Å². The average molecular weight is 348 g/mol. The van der Waals surface area contributed by atoms with Gasteiger partial charge >= 0.3 is 6.09 Å². The van der Waals surface area contributed by atoms with Crippen LogP contribution in [0.1, 0.15) is 45.7 Å². The molecule has 0 atom stereocenters. The summed E-state index contributed by atoms with van der Waals surface area (Å²) in [7, 11) is 0. The Balaban J connectivity index is 1.91. The SMILES string of the molecule is Cc1cc(CNC(=O)OC(C)(C)C)cnc1N1CCN(C(C)C)CC1. The van der Waals surface area contributed by atoms with E-state index in [-0.39, 0.29) is 0 Å². The quantitative estimate of drug-likeness (QED) is 0.907. The Morgan fingerprint density at radius 3 is 2.44 bits per heavy atom. The number of pyridine rings is 1. The molecular formula is C19H32N4O2. The zero-order valence-electron chi connectivity index (χ0n) is 16.4. The lowest BCUT2D eigenvalue weighted by molar-refractivity contribution is 0.0523. The number of aryl methyl sites for hydroxylation is 1. The fourth-order valence-corrected chi connectivity index (χ4v) is 2.99. The Labute approximate surface area is 151 Å². The van der Waals surface area contributed by atoms with Crippen LogP contribution >= 0.6 is 0 Å². The van der Waals surface area contributed by atoms with E-state index in [4.69, 9.17) is 4.74 Å². The van der Waals surface area contributed by atoms with Crippen molar-refractivity contribution in [1.29, 1.82) is 0 Å². The summed E-state index contributed by atoms with van der Waals surface area (Å²) in [5.41, 5.74) is 1.63. The molecule has 2 heterocycles. The first-order valence-electron chi connectivity index (χ1n) is 9.07. The lowest BCUT2D eigenvalue weighted by atomic mass is 10.1. The maximum absolute atomic E-state index is 11.8. The lowest BCUT2D eigenvalue weighted by Gasteiger charge is -2.38. The van der Waals surface area contributed by atoms with Gasteiger partial charge in [0.1, 0.15) is 11.4 Å². The molecule has 1 amide bonds. The van der Waals surface area contributed by atoms with Crippen molar-refractivity contribution in [3.63, 3.8) is 0 Å². The highest BCUT2D eigenvalue weighted by atomic mass is 16.6. The van der Waals surface area contributed by atoms with Gasteiger partial charge in [-0.2, -0.15) is 0 Å². The summed E-state index contributed by atoms with van der Waals surface area (Å²) in [6.45, 7) is 16.7. The molecule has 140 valence electrons. The standard InChI is InChI=1S/C19H32N4O2/c1-14(2)22-7-9-23(10-8-22)17-15(3)11-16(12-20-17)13-21-18(24)25-19(4,5)6/h11-12,14H,7-10,13H2,1-6H3,(H,21,24). The van der Waals surface area contributed by atoms with Gasteiger partial charge in [0.05, 0.1) is 0 Å². The summed E-state index contributed by atoms with van der Waals surface area (Å²) in [6.07, 6.45) is 1.44. The molecule has 0 aromatic carbocycles. The summed E-state index contributed by atoms with van der Waals surface area (Å²) >= 11 is 0. The number of nitrogens with zero attached hydrogens (tertiary/aromatic N) is 3. The van der Waals surface area contributed by atoms with E-state index in [2.05, 4.69) is 46.9 Å². The third-order valence-corrected chi connectivity index (χ3v) is 4.29. The van der Waals surface area contributed by atoms with Gasteiger partial charge in [-0.15, -0.1) is 0 Å². The van der Waals surface area contributed by atoms with Gasteiger partial charge in [0, 0.05) is 45.0 Å². The van der Waals surface area contributed by atoms with Crippen molar-refractivity contribution in [2.45, 2.75) is 59.7 Å². The van der Waals surface area contributed by atoms with E-state index in [1.54, 1.807) is 0 Å². The summed E-state index contributed by atoms with van der Waals surface area (Å²) in [6, 6.07) is 2.69. The molecule has 0 spiro atoms. The van der Waals surface area contributed by atoms with Crippen LogP contribution in [0.15, 0.2) is 12.3 Å². The lowest BCUT2D eigenvalue weighted by Crippen LogP contribution is -2.49. The van der Waals surface area contributed by atoms with Crippen LogP contribution in [0.3, 0.4) is 0 Å². The number of rotatable bonds is 4. The van der Waals surface area contributed by atoms with Crippen molar-refractivity contribution in [3.05, 3.63) is 23.4 Å². The second kappa shape index (κ2) is 8.04. The Bertz CT molecular complexity index is 588. The van der Waals surface area contributed by atoms with Crippen LogP contribution in [-0.4, -0.2) is 53.8 Å². The maximum Gasteiger partial charge on any atom is 0.407 e. The number of nitrogens with one attached hydrogen (secondary N) is 1. The highest BCUT2D eigenvalue weighted by Crippen LogP contribution is 2.20. The number of anilines is 1. The molecule has 0 radical (unpaired) electrons. The van der Waals surface area contributed by atoms with Crippen LogP contribution in [-0.2, 0) is 11.3 Å². The molecule has 1 N–H and O–H groups in total. The molecule has 6 heteroatoms. The molecular weight excluding hydrogens is 316 g/mol.